The van der Waals surface area contributed by atoms with Crippen molar-refractivity contribution < 1.29 is 14.0 Å². The van der Waals surface area contributed by atoms with Gasteiger partial charge in [0.1, 0.15) is 5.82 Å². The van der Waals surface area contributed by atoms with Gasteiger partial charge in [-0.3, -0.25) is 4.79 Å². The third-order valence-electron chi connectivity index (χ3n) is 3.28. The second kappa shape index (κ2) is 9.76. The van der Waals surface area contributed by atoms with Crippen LogP contribution in [0, 0.1) is 5.82 Å². The van der Waals surface area contributed by atoms with Crippen LogP contribution in [0.3, 0.4) is 0 Å². The molecule has 0 bridgehead atoms. The first-order valence-corrected chi connectivity index (χ1v) is 7.60. The molecular weight excluding hydrogens is 285 g/mol. The molecule has 2 N–H and O–H groups in total. The van der Waals surface area contributed by atoms with Crippen molar-refractivity contribution in [2.75, 3.05) is 19.6 Å². The van der Waals surface area contributed by atoms with Gasteiger partial charge >= 0.3 is 6.03 Å². The van der Waals surface area contributed by atoms with Crippen LogP contribution < -0.4 is 10.6 Å². The first kappa shape index (κ1) is 17.9. The van der Waals surface area contributed by atoms with E-state index >= 15 is 0 Å². The second-order valence-electron chi connectivity index (χ2n) is 4.99. The minimum absolute atomic E-state index is 0.0210. The molecule has 0 spiro atoms. The monoisotopic (exact) mass is 309 g/mol. The molecule has 3 amide bonds. The van der Waals surface area contributed by atoms with Gasteiger partial charge in [-0.1, -0.05) is 25.5 Å². The summed E-state index contributed by atoms with van der Waals surface area (Å²) in [5, 5.41) is 5.17. The lowest BCUT2D eigenvalue weighted by molar-refractivity contribution is -0.129. The summed E-state index contributed by atoms with van der Waals surface area (Å²) < 4.78 is 12.8. The Balaban J connectivity index is 2.29. The molecule has 0 aliphatic heterocycles. The molecule has 0 aliphatic rings. The third kappa shape index (κ3) is 6.56. The lowest BCUT2D eigenvalue weighted by Crippen LogP contribution is -2.43. The zero-order valence-electron chi connectivity index (χ0n) is 13.2. The van der Waals surface area contributed by atoms with Crippen molar-refractivity contribution in [1.82, 2.24) is 15.5 Å². The lowest BCUT2D eigenvalue weighted by Gasteiger charge is -2.20. The predicted octanol–water partition coefficient (Wildman–Crippen LogP) is 2.27. The number of urea groups is 1. The van der Waals surface area contributed by atoms with Gasteiger partial charge in [-0.2, -0.15) is 0 Å². The highest BCUT2D eigenvalue weighted by Crippen LogP contribution is 2.01. The van der Waals surface area contributed by atoms with Crippen molar-refractivity contribution in [2.24, 2.45) is 0 Å². The van der Waals surface area contributed by atoms with E-state index in [9.17, 15) is 14.0 Å². The maximum absolute atomic E-state index is 12.8. The summed E-state index contributed by atoms with van der Waals surface area (Å²) >= 11 is 0. The molecule has 1 aromatic carbocycles. The highest BCUT2D eigenvalue weighted by molar-refractivity contribution is 5.83. The number of unbranched alkanes of at least 4 members (excludes halogenated alkanes) is 1. The fourth-order valence-corrected chi connectivity index (χ4v) is 1.92. The number of nitrogens with one attached hydrogen (secondary N) is 2. The molecule has 0 saturated heterocycles. The number of hydrogen-bond donors (Lipinski definition) is 2. The highest BCUT2D eigenvalue weighted by atomic mass is 19.1. The van der Waals surface area contributed by atoms with Crippen LogP contribution in [0.1, 0.15) is 32.3 Å². The van der Waals surface area contributed by atoms with Crippen molar-refractivity contribution >= 4 is 11.9 Å². The second-order valence-corrected chi connectivity index (χ2v) is 4.99. The summed E-state index contributed by atoms with van der Waals surface area (Å²) in [5.41, 5.74) is 0.793. The van der Waals surface area contributed by atoms with Gasteiger partial charge in [-0.15, -0.1) is 0 Å². The Hall–Kier alpha value is -2.11. The van der Waals surface area contributed by atoms with E-state index in [4.69, 9.17) is 0 Å². The number of halogens is 1. The zero-order chi connectivity index (χ0) is 16.4. The Bertz CT molecular complexity index is 477. The fraction of sp³-hybridized carbons (Fsp3) is 0.500. The Morgan fingerprint density at radius 1 is 1.14 bits per heavy atom. The quantitative estimate of drug-likeness (QED) is 0.774. The van der Waals surface area contributed by atoms with E-state index in [1.807, 2.05) is 6.92 Å². The van der Waals surface area contributed by atoms with Crippen molar-refractivity contribution in [3.63, 3.8) is 0 Å². The summed E-state index contributed by atoms with van der Waals surface area (Å²) in [5.74, 6) is -0.404. The van der Waals surface area contributed by atoms with Crippen molar-refractivity contribution in [3.05, 3.63) is 35.6 Å². The molecule has 0 heterocycles. The van der Waals surface area contributed by atoms with Crippen LogP contribution >= 0.6 is 0 Å². The minimum atomic E-state index is -0.413. The largest absolute Gasteiger partial charge is 0.341 e. The maximum atomic E-state index is 12.8. The predicted molar refractivity (Wildman–Crippen MR) is 83.8 cm³/mol. The molecule has 0 unspecified atom stereocenters. The topological polar surface area (TPSA) is 61.4 Å². The van der Waals surface area contributed by atoms with Gasteiger partial charge < -0.3 is 15.5 Å². The van der Waals surface area contributed by atoms with Crippen molar-refractivity contribution in [3.8, 4) is 0 Å². The Morgan fingerprint density at radius 2 is 1.82 bits per heavy atom. The summed E-state index contributed by atoms with van der Waals surface area (Å²) in [6.45, 7) is 5.60. The van der Waals surface area contributed by atoms with Gasteiger partial charge in [0.05, 0.1) is 6.54 Å². The van der Waals surface area contributed by atoms with Crippen molar-refractivity contribution in [1.29, 1.82) is 0 Å². The van der Waals surface area contributed by atoms with E-state index in [0.29, 0.717) is 13.1 Å². The number of amides is 3. The first-order chi connectivity index (χ1) is 10.6. The Morgan fingerprint density at radius 3 is 2.41 bits per heavy atom. The number of hydrogen-bond acceptors (Lipinski definition) is 2. The van der Waals surface area contributed by atoms with Crippen LogP contribution in [0.4, 0.5) is 9.18 Å². The molecule has 0 radical (unpaired) electrons. The molecular formula is C16H24FN3O2. The minimum Gasteiger partial charge on any atom is -0.341 e. The highest BCUT2D eigenvalue weighted by Gasteiger charge is 2.11. The van der Waals surface area contributed by atoms with Crippen LogP contribution in [-0.4, -0.2) is 36.5 Å². The average Bonchev–Trinajstić information content (AvgIpc) is 2.53. The number of likely N-dealkylation sites (N-methyl/N-ethyl adjacent to an activating group) is 1. The standard InChI is InChI=1S/C16H24FN3O2/c1-3-5-10-20(4-2)15(21)12-19-16(22)18-11-13-6-8-14(17)9-7-13/h6-9H,3-5,10-12H2,1-2H3,(H2,18,19,22). The van der Waals surface area contributed by atoms with Gasteiger partial charge in [-0.05, 0) is 31.0 Å². The van der Waals surface area contributed by atoms with E-state index in [0.717, 1.165) is 18.4 Å². The van der Waals surface area contributed by atoms with E-state index in [1.165, 1.54) is 12.1 Å². The zero-order valence-corrected chi connectivity index (χ0v) is 13.2. The summed E-state index contributed by atoms with van der Waals surface area (Å²) in [6.07, 6.45) is 1.98. The number of carbonyl (C=O) groups excluding carboxylic acids is 2. The summed E-state index contributed by atoms with van der Waals surface area (Å²) in [6, 6.07) is 5.47. The molecule has 0 aromatic heterocycles. The number of carbonyl (C=O) groups is 2. The third-order valence-corrected chi connectivity index (χ3v) is 3.28. The van der Waals surface area contributed by atoms with E-state index in [1.54, 1.807) is 17.0 Å². The average molecular weight is 309 g/mol. The molecule has 5 nitrogen and oxygen atoms in total. The van der Waals surface area contributed by atoms with E-state index in [-0.39, 0.29) is 24.8 Å². The van der Waals surface area contributed by atoms with Crippen LogP contribution in [0.25, 0.3) is 0 Å². The van der Waals surface area contributed by atoms with Gasteiger partial charge in [0.25, 0.3) is 0 Å². The fourth-order valence-electron chi connectivity index (χ4n) is 1.92. The smallest absolute Gasteiger partial charge is 0.315 e. The Kier molecular flexibility index (Phi) is 7.96. The normalized spacial score (nSPS) is 10.1. The van der Waals surface area contributed by atoms with Crippen LogP contribution in [0.15, 0.2) is 24.3 Å². The molecule has 1 aromatic rings. The molecule has 0 saturated carbocycles. The number of nitrogens with zero attached hydrogens (tertiary/aromatic N) is 1. The van der Waals surface area contributed by atoms with Gasteiger partial charge in [0.15, 0.2) is 0 Å². The van der Waals surface area contributed by atoms with Gasteiger partial charge in [0.2, 0.25) is 5.91 Å². The SMILES string of the molecule is CCCCN(CC)C(=O)CNC(=O)NCc1ccc(F)cc1. The van der Waals surface area contributed by atoms with Crippen molar-refractivity contribution in [2.45, 2.75) is 33.2 Å². The van der Waals surface area contributed by atoms with E-state index in [2.05, 4.69) is 17.6 Å². The molecule has 22 heavy (non-hydrogen) atoms. The molecule has 1 rings (SSSR count). The Labute approximate surface area is 130 Å². The molecule has 0 fully saturated rings. The molecule has 0 atom stereocenters. The molecule has 0 aliphatic carbocycles. The molecule has 122 valence electrons. The summed E-state index contributed by atoms with van der Waals surface area (Å²) in [7, 11) is 0. The summed E-state index contributed by atoms with van der Waals surface area (Å²) in [4.78, 5) is 25.3. The lowest BCUT2D eigenvalue weighted by atomic mass is 10.2. The van der Waals surface area contributed by atoms with Crippen LogP contribution in [0.2, 0.25) is 0 Å². The maximum Gasteiger partial charge on any atom is 0.315 e. The molecule has 6 heteroatoms. The van der Waals surface area contributed by atoms with Crippen LogP contribution in [0.5, 0.6) is 0 Å². The first-order valence-electron chi connectivity index (χ1n) is 7.60. The van der Waals surface area contributed by atoms with E-state index < -0.39 is 6.03 Å². The number of rotatable bonds is 8. The number of benzene rings is 1. The van der Waals surface area contributed by atoms with Gasteiger partial charge in [-0.25, -0.2) is 9.18 Å². The van der Waals surface area contributed by atoms with Crippen LogP contribution in [-0.2, 0) is 11.3 Å². The van der Waals surface area contributed by atoms with Gasteiger partial charge in [0, 0.05) is 19.6 Å².